The summed E-state index contributed by atoms with van der Waals surface area (Å²) < 4.78 is 1.08. The molecule has 0 saturated heterocycles. The fourth-order valence-electron chi connectivity index (χ4n) is 1.59. The van der Waals surface area contributed by atoms with E-state index in [9.17, 15) is 0 Å². The molecule has 0 heterocycles. The Labute approximate surface area is 105 Å². The summed E-state index contributed by atoms with van der Waals surface area (Å²) >= 11 is 3.52. The van der Waals surface area contributed by atoms with Crippen molar-refractivity contribution in [3.8, 4) is 0 Å². The van der Waals surface area contributed by atoms with Crippen molar-refractivity contribution in [1.29, 1.82) is 0 Å². The minimum Gasteiger partial charge on any atom is -0.396 e. The van der Waals surface area contributed by atoms with Gasteiger partial charge in [0.1, 0.15) is 0 Å². The molecule has 0 radical (unpaired) electrons. The molecular formula is C12H19BrN2O. The molecule has 0 aliphatic heterocycles. The number of rotatable bonds is 7. The molecule has 0 aliphatic carbocycles. The number of hydrogen-bond acceptors (Lipinski definition) is 3. The van der Waals surface area contributed by atoms with Gasteiger partial charge in [-0.2, -0.15) is 0 Å². The van der Waals surface area contributed by atoms with E-state index in [-0.39, 0.29) is 12.6 Å². The second-order valence-electron chi connectivity index (χ2n) is 3.69. The van der Waals surface area contributed by atoms with Crippen molar-refractivity contribution in [3.05, 3.63) is 34.3 Å². The maximum absolute atomic E-state index is 8.69. The zero-order valence-electron chi connectivity index (χ0n) is 9.32. The third kappa shape index (κ3) is 4.22. The van der Waals surface area contributed by atoms with Gasteiger partial charge < -0.3 is 16.2 Å². The lowest BCUT2D eigenvalue weighted by molar-refractivity contribution is 0.282. The highest BCUT2D eigenvalue weighted by molar-refractivity contribution is 9.10. The Kier molecular flexibility index (Phi) is 6.64. The lowest BCUT2D eigenvalue weighted by Gasteiger charge is -2.18. The van der Waals surface area contributed by atoms with Gasteiger partial charge in [-0.3, -0.25) is 0 Å². The van der Waals surface area contributed by atoms with Crippen molar-refractivity contribution in [1.82, 2.24) is 5.32 Å². The van der Waals surface area contributed by atoms with Crippen LogP contribution >= 0.6 is 15.9 Å². The Morgan fingerprint density at radius 2 is 2.06 bits per heavy atom. The molecule has 1 unspecified atom stereocenters. The lowest BCUT2D eigenvalue weighted by Crippen LogP contribution is -2.29. The maximum atomic E-state index is 8.69. The summed E-state index contributed by atoms with van der Waals surface area (Å²) in [4.78, 5) is 0. The number of halogens is 1. The first-order valence-corrected chi connectivity index (χ1v) is 6.37. The first kappa shape index (κ1) is 13.6. The molecule has 0 spiro atoms. The fraction of sp³-hybridized carbons (Fsp3) is 0.500. The number of benzene rings is 1. The Morgan fingerprint density at radius 3 is 2.69 bits per heavy atom. The zero-order chi connectivity index (χ0) is 11.8. The van der Waals surface area contributed by atoms with Crippen LogP contribution in [0.15, 0.2) is 28.7 Å². The minimum absolute atomic E-state index is 0.175. The molecule has 0 amide bonds. The Hall–Kier alpha value is -0.420. The zero-order valence-corrected chi connectivity index (χ0v) is 10.9. The van der Waals surface area contributed by atoms with Crippen LogP contribution in [0.4, 0.5) is 0 Å². The van der Waals surface area contributed by atoms with Gasteiger partial charge in [-0.15, -0.1) is 0 Å². The highest BCUT2D eigenvalue weighted by Gasteiger charge is 2.10. The van der Waals surface area contributed by atoms with E-state index in [1.807, 2.05) is 18.2 Å². The number of unbranched alkanes of at least 4 members (excludes halogenated alkanes) is 1. The van der Waals surface area contributed by atoms with Crippen molar-refractivity contribution in [2.24, 2.45) is 5.73 Å². The van der Waals surface area contributed by atoms with Crippen molar-refractivity contribution >= 4 is 15.9 Å². The summed E-state index contributed by atoms with van der Waals surface area (Å²) in [6.07, 6.45) is 1.80. The summed E-state index contributed by atoms with van der Waals surface area (Å²) in [5.74, 6) is 0. The third-order valence-corrected chi connectivity index (χ3v) is 3.21. The van der Waals surface area contributed by atoms with E-state index in [4.69, 9.17) is 10.8 Å². The Balaban J connectivity index is 2.51. The largest absolute Gasteiger partial charge is 0.396 e. The van der Waals surface area contributed by atoms with Gasteiger partial charge in [0, 0.05) is 23.7 Å². The van der Waals surface area contributed by atoms with Crippen molar-refractivity contribution < 1.29 is 5.11 Å². The molecular weight excluding hydrogens is 268 g/mol. The van der Waals surface area contributed by atoms with Gasteiger partial charge in [-0.1, -0.05) is 34.1 Å². The number of nitrogens with two attached hydrogens (primary N) is 1. The van der Waals surface area contributed by atoms with E-state index in [1.165, 1.54) is 5.56 Å². The first-order chi connectivity index (χ1) is 7.79. The summed E-state index contributed by atoms with van der Waals surface area (Å²) in [5.41, 5.74) is 6.94. The van der Waals surface area contributed by atoms with Crippen molar-refractivity contribution in [2.75, 3.05) is 19.7 Å². The van der Waals surface area contributed by atoms with Gasteiger partial charge in [0.15, 0.2) is 0 Å². The third-order valence-electron chi connectivity index (χ3n) is 2.49. The van der Waals surface area contributed by atoms with E-state index < -0.39 is 0 Å². The summed E-state index contributed by atoms with van der Waals surface area (Å²) in [7, 11) is 0. The second kappa shape index (κ2) is 7.79. The van der Waals surface area contributed by atoms with Crippen molar-refractivity contribution in [2.45, 2.75) is 18.9 Å². The molecule has 1 aromatic rings. The van der Waals surface area contributed by atoms with Gasteiger partial charge in [0.05, 0.1) is 0 Å². The van der Waals surface area contributed by atoms with Crippen LogP contribution in [0.5, 0.6) is 0 Å². The van der Waals surface area contributed by atoms with Crippen LogP contribution in [-0.4, -0.2) is 24.8 Å². The SMILES string of the molecule is NCC(NCCCCO)c1ccccc1Br. The van der Waals surface area contributed by atoms with Gasteiger partial charge in [0.2, 0.25) is 0 Å². The molecule has 3 nitrogen and oxygen atoms in total. The molecule has 0 aromatic heterocycles. The number of aliphatic hydroxyl groups is 1. The fourth-order valence-corrected chi connectivity index (χ4v) is 2.15. The average Bonchev–Trinajstić information content (AvgIpc) is 2.31. The second-order valence-corrected chi connectivity index (χ2v) is 4.55. The van der Waals surface area contributed by atoms with Gasteiger partial charge in [0.25, 0.3) is 0 Å². The molecule has 1 rings (SSSR count). The molecule has 4 heteroatoms. The molecule has 16 heavy (non-hydrogen) atoms. The van der Waals surface area contributed by atoms with E-state index in [0.29, 0.717) is 6.54 Å². The minimum atomic E-state index is 0.175. The van der Waals surface area contributed by atoms with Gasteiger partial charge in [-0.05, 0) is 31.0 Å². The van der Waals surface area contributed by atoms with Gasteiger partial charge >= 0.3 is 0 Å². The van der Waals surface area contributed by atoms with Crippen LogP contribution in [0.1, 0.15) is 24.4 Å². The highest BCUT2D eigenvalue weighted by atomic mass is 79.9. The van der Waals surface area contributed by atoms with Crippen LogP contribution < -0.4 is 11.1 Å². The number of aliphatic hydroxyl groups excluding tert-OH is 1. The molecule has 0 bridgehead atoms. The summed E-state index contributed by atoms with van der Waals surface area (Å²) in [6.45, 7) is 1.70. The number of nitrogens with one attached hydrogen (secondary N) is 1. The van der Waals surface area contributed by atoms with Crippen LogP contribution in [0.25, 0.3) is 0 Å². The predicted molar refractivity (Wildman–Crippen MR) is 70.3 cm³/mol. The van der Waals surface area contributed by atoms with E-state index in [0.717, 1.165) is 23.9 Å². The topological polar surface area (TPSA) is 58.3 Å². The molecule has 0 aliphatic rings. The quantitative estimate of drug-likeness (QED) is 0.670. The van der Waals surface area contributed by atoms with Crippen LogP contribution in [-0.2, 0) is 0 Å². The smallest absolute Gasteiger partial charge is 0.0455 e. The molecule has 0 fully saturated rings. The summed E-state index contributed by atoms with van der Waals surface area (Å²) in [6, 6.07) is 8.27. The summed E-state index contributed by atoms with van der Waals surface area (Å²) in [5, 5.41) is 12.1. The van der Waals surface area contributed by atoms with E-state index >= 15 is 0 Å². The highest BCUT2D eigenvalue weighted by Crippen LogP contribution is 2.22. The average molecular weight is 287 g/mol. The monoisotopic (exact) mass is 286 g/mol. The predicted octanol–water partition coefficient (Wildman–Crippen LogP) is 1.81. The van der Waals surface area contributed by atoms with E-state index in [1.54, 1.807) is 0 Å². The standard InChI is InChI=1S/C12H19BrN2O/c13-11-6-2-1-5-10(11)12(9-14)15-7-3-4-8-16/h1-2,5-6,12,15-16H,3-4,7-9,14H2. The normalized spacial score (nSPS) is 12.7. The molecule has 90 valence electrons. The molecule has 1 aromatic carbocycles. The number of hydrogen-bond donors (Lipinski definition) is 3. The molecule has 0 saturated carbocycles. The Morgan fingerprint density at radius 1 is 1.31 bits per heavy atom. The molecule has 1 atom stereocenters. The van der Waals surface area contributed by atoms with Crippen LogP contribution in [0, 0.1) is 0 Å². The molecule has 4 N–H and O–H groups in total. The van der Waals surface area contributed by atoms with Crippen molar-refractivity contribution in [3.63, 3.8) is 0 Å². The van der Waals surface area contributed by atoms with Gasteiger partial charge in [-0.25, -0.2) is 0 Å². The van der Waals surface area contributed by atoms with Crippen LogP contribution in [0.3, 0.4) is 0 Å². The van der Waals surface area contributed by atoms with E-state index in [2.05, 4.69) is 27.3 Å². The Bertz CT molecular complexity index is 307. The maximum Gasteiger partial charge on any atom is 0.0455 e. The first-order valence-electron chi connectivity index (χ1n) is 5.58. The lowest BCUT2D eigenvalue weighted by atomic mass is 10.1. The van der Waals surface area contributed by atoms with Crippen LogP contribution in [0.2, 0.25) is 0 Å².